The monoisotopic (exact) mass is 306 g/mol. The molecule has 3 rings (SSSR count). The van der Waals surface area contributed by atoms with Crippen LogP contribution in [0.2, 0.25) is 0 Å². The van der Waals surface area contributed by atoms with Gasteiger partial charge in [0, 0.05) is 17.6 Å². The van der Waals surface area contributed by atoms with Gasteiger partial charge < -0.3 is 5.32 Å². The van der Waals surface area contributed by atoms with Crippen molar-refractivity contribution in [3.8, 4) is 0 Å². The molecular formula is C13H8F2N4OS. The van der Waals surface area contributed by atoms with Gasteiger partial charge in [0.15, 0.2) is 5.17 Å². The highest BCUT2D eigenvalue weighted by Crippen LogP contribution is 2.21. The van der Waals surface area contributed by atoms with Gasteiger partial charge >= 0.3 is 0 Å². The predicted molar refractivity (Wildman–Crippen MR) is 77.3 cm³/mol. The van der Waals surface area contributed by atoms with E-state index in [4.69, 9.17) is 0 Å². The first-order valence-corrected chi connectivity index (χ1v) is 6.90. The van der Waals surface area contributed by atoms with Crippen LogP contribution in [-0.2, 0) is 4.79 Å². The van der Waals surface area contributed by atoms with Crippen LogP contribution in [0.5, 0.6) is 0 Å². The van der Waals surface area contributed by atoms with Crippen LogP contribution < -0.4 is 5.32 Å². The van der Waals surface area contributed by atoms with Crippen LogP contribution in [0.1, 0.15) is 5.56 Å². The van der Waals surface area contributed by atoms with Gasteiger partial charge in [-0.2, -0.15) is 5.10 Å². The fourth-order valence-electron chi connectivity index (χ4n) is 1.80. The Balaban J connectivity index is 1.95. The quantitative estimate of drug-likeness (QED) is 0.682. The van der Waals surface area contributed by atoms with Crippen molar-refractivity contribution < 1.29 is 13.6 Å². The standard InChI is InChI=1S/C13H8F2N4OS/c14-9-4-10-7(2-1-3-16-10)12(15)8(9)5-17-19-13-18-11(20)6-21-13/h1-5H,6H2,(H,18,19,20). The Morgan fingerprint density at radius 2 is 2.29 bits per heavy atom. The maximum atomic E-state index is 14.2. The minimum Gasteiger partial charge on any atom is -0.303 e. The maximum absolute atomic E-state index is 14.2. The fourth-order valence-corrected chi connectivity index (χ4v) is 2.43. The van der Waals surface area contributed by atoms with Crippen LogP contribution in [0.15, 0.2) is 34.6 Å². The summed E-state index contributed by atoms with van der Waals surface area (Å²) in [6, 6.07) is 4.21. The molecule has 2 aromatic rings. The van der Waals surface area contributed by atoms with Crippen molar-refractivity contribution in [3.63, 3.8) is 0 Å². The van der Waals surface area contributed by atoms with Gasteiger partial charge in [0.05, 0.1) is 23.0 Å². The first kappa shape index (κ1) is 13.6. The molecular weight excluding hydrogens is 298 g/mol. The van der Waals surface area contributed by atoms with E-state index in [0.29, 0.717) is 5.17 Å². The molecule has 106 valence electrons. The number of carbonyl (C=O) groups is 1. The third-order valence-electron chi connectivity index (χ3n) is 2.75. The van der Waals surface area contributed by atoms with E-state index >= 15 is 0 Å². The number of hydrogen-bond acceptors (Lipinski definition) is 5. The highest BCUT2D eigenvalue weighted by Gasteiger charge is 2.16. The van der Waals surface area contributed by atoms with Gasteiger partial charge in [-0.05, 0) is 12.1 Å². The van der Waals surface area contributed by atoms with Crippen LogP contribution >= 0.6 is 11.8 Å². The Hall–Kier alpha value is -2.35. The molecule has 0 bridgehead atoms. The Morgan fingerprint density at radius 1 is 1.43 bits per heavy atom. The summed E-state index contributed by atoms with van der Waals surface area (Å²) >= 11 is 1.17. The highest BCUT2D eigenvalue weighted by molar-refractivity contribution is 8.15. The largest absolute Gasteiger partial charge is 0.303 e. The van der Waals surface area contributed by atoms with E-state index in [2.05, 4.69) is 20.5 Å². The number of thioether (sulfide) groups is 1. The lowest BCUT2D eigenvalue weighted by Gasteiger charge is -2.03. The summed E-state index contributed by atoms with van der Waals surface area (Å²) in [5.74, 6) is -1.43. The van der Waals surface area contributed by atoms with Crippen molar-refractivity contribution in [1.29, 1.82) is 0 Å². The number of amidine groups is 1. The molecule has 0 spiro atoms. The lowest BCUT2D eigenvalue weighted by molar-refractivity contribution is -0.116. The minimum atomic E-state index is -0.772. The number of amides is 1. The number of halogens is 2. The summed E-state index contributed by atoms with van der Waals surface area (Å²) in [7, 11) is 0. The van der Waals surface area contributed by atoms with Crippen LogP contribution in [0.3, 0.4) is 0 Å². The molecule has 1 N–H and O–H groups in total. The van der Waals surface area contributed by atoms with E-state index < -0.39 is 11.6 Å². The Morgan fingerprint density at radius 3 is 3.05 bits per heavy atom. The molecule has 5 nitrogen and oxygen atoms in total. The van der Waals surface area contributed by atoms with E-state index in [0.717, 1.165) is 12.3 Å². The molecule has 1 saturated heterocycles. The zero-order chi connectivity index (χ0) is 14.8. The molecule has 0 atom stereocenters. The predicted octanol–water partition coefficient (Wildman–Crippen LogP) is 2.07. The number of nitrogens with zero attached hydrogens (tertiary/aromatic N) is 3. The number of fused-ring (bicyclic) bond motifs is 1. The lowest BCUT2D eigenvalue weighted by atomic mass is 10.1. The summed E-state index contributed by atoms with van der Waals surface area (Å²) in [6.45, 7) is 0. The number of carbonyl (C=O) groups excluding carboxylic acids is 1. The van der Waals surface area contributed by atoms with Crippen molar-refractivity contribution in [2.75, 3.05) is 5.75 Å². The molecule has 1 fully saturated rings. The van der Waals surface area contributed by atoms with Gasteiger partial charge in [0.1, 0.15) is 11.6 Å². The summed E-state index contributed by atoms with van der Waals surface area (Å²) in [6.07, 6.45) is 2.44. The van der Waals surface area contributed by atoms with E-state index in [1.54, 1.807) is 6.07 Å². The molecule has 1 amide bonds. The van der Waals surface area contributed by atoms with Gasteiger partial charge in [-0.15, -0.1) is 5.10 Å². The van der Waals surface area contributed by atoms with Crippen molar-refractivity contribution in [2.45, 2.75) is 0 Å². The molecule has 0 unspecified atom stereocenters. The molecule has 1 aromatic heterocycles. The Bertz CT molecular complexity index is 791. The fraction of sp³-hybridized carbons (Fsp3) is 0.0769. The van der Waals surface area contributed by atoms with Crippen LogP contribution in [0.25, 0.3) is 10.9 Å². The minimum absolute atomic E-state index is 0.178. The van der Waals surface area contributed by atoms with E-state index in [1.165, 1.54) is 24.0 Å². The molecule has 0 aliphatic carbocycles. The second-order valence-electron chi connectivity index (χ2n) is 4.14. The number of rotatable bonds is 2. The SMILES string of the molecule is O=C1CSC(=NN=Cc2c(F)cc3ncccc3c2F)N1. The number of pyridine rings is 1. The van der Waals surface area contributed by atoms with Gasteiger partial charge in [-0.3, -0.25) is 9.78 Å². The van der Waals surface area contributed by atoms with Gasteiger partial charge in [0.25, 0.3) is 0 Å². The van der Waals surface area contributed by atoms with Gasteiger partial charge in [0.2, 0.25) is 5.91 Å². The topological polar surface area (TPSA) is 66.7 Å². The average Bonchev–Trinajstić information content (AvgIpc) is 2.88. The smallest absolute Gasteiger partial charge is 0.236 e. The van der Waals surface area contributed by atoms with Crippen LogP contribution in [0, 0.1) is 11.6 Å². The van der Waals surface area contributed by atoms with Crippen molar-refractivity contribution in [3.05, 3.63) is 41.6 Å². The van der Waals surface area contributed by atoms with E-state index in [1.807, 2.05) is 0 Å². The van der Waals surface area contributed by atoms with Crippen molar-refractivity contribution >= 4 is 40.0 Å². The third-order valence-corrected chi connectivity index (χ3v) is 3.62. The first-order chi connectivity index (χ1) is 10.1. The van der Waals surface area contributed by atoms with E-state index in [-0.39, 0.29) is 28.1 Å². The second kappa shape index (κ2) is 5.57. The highest BCUT2D eigenvalue weighted by atomic mass is 32.2. The zero-order valence-electron chi connectivity index (χ0n) is 10.5. The average molecular weight is 306 g/mol. The Kier molecular flexibility index (Phi) is 3.61. The Labute approximate surface area is 122 Å². The number of aromatic nitrogens is 1. The van der Waals surface area contributed by atoms with Gasteiger partial charge in [-0.1, -0.05) is 11.8 Å². The molecule has 1 aliphatic heterocycles. The first-order valence-electron chi connectivity index (χ1n) is 5.91. The van der Waals surface area contributed by atoms with Crippen LogP contribution in [-0.4, -0.2) is 28.0 Å². The lowest BCUT2D eigenvalue weighted by Crippen LogP contribution is -2.19. The molecule has 1 aliphatic rings. The summed E-state index contributed by atoms with van der Waals surface area (Å²) in [5.41, 5.74) is -0.0660. The second-order valence-corrected chi connectivity index (χ2v) is 5.11. The molecule has 0 saturated carbocycles. The third kappa shape index (κ3) is 2.75. The number of nitrogens with one attached hydrogen (secondary N) is 1. The zero-order valence-corrected chi connectivity index (χ0v) is 11.3. The maximum Gasteiger partial charge on any atom is 0.236 e. The summed E-state index contributed by atoms with van der Waals surface area (Å²) < 4.78 is 28.0. The summed E-state index contributed by atoms with van der Waals surface area (Å²) in [5, 5.41) is 10.3. The van der Waals surface area contributed by atoms with Gasteiger partial charge in [-0.25, -0.2) is 8.78 Å². The molecule has 1 aromatic carbocycles. The summed E-state index contributed by atoms with van der Waals surface area (Å²) in [4.78, 5) is 14.8. The van der Waals surface area contributed by atoms with Crippen molar-refractivity contribution in [2.24, 2.45) is 10.2 Å². The van der Waals surface area contributed by atoms with E-state index in [9.17, 15) is 13.6 Å². The molecule has 8 heteroatoms. The molecule has 0 radical (unpaired) electrons. The van der Waals surface area contributed by atoms with Crippen molar-refractivity contribution in [1.82, 2.24) is 10.3 Å². The molecule has 21 heavy (non-hydrogen) atoms. The normalized spacial score (nSPS) is 17.0. The number of benzene rings is 1. The van der Waals surface area contributed by atoms with Crippen LogP contribution in [0.4, 0.5) is 8.78 Å². The molecule has 2 heterocycles. The number of hydrogen-bond donors (Lipinski definition) is 1.